The van der Waals surface area contributed by atoms with E-state index in [-0.39, 0.29) is 37.8 Å². The molecular formula is C29H31ClN2O8. The minimum atomic E-state index is -1.23. The molecule has 40 heavy (non-hydrogen) atoms. The molecule has 2 aromatic rings. The summed E-state index contributed by atoms with van der Waals surface area (Å²) >= 11 is 6.08. The largest absolute Gasteiger partial charge is 0.493 e. The number of aliphatic hydroxyl groups is 2. The summed E-state index contributed by atoms with van der Waals surface area (Å²) in [4.78, 5) is 40.5. The first-order valence-electron chi connectivity index (χ1n) is 13.1. The molecule has 2 aliphatic heterocycles. The number of nitrogens with one attached hydrogen (secondary N) is 1. The van der Waals surface area contributed by atoms with E-state index in [0.29, 0.717) is 47.0 Å². The number of fused-ring (bicyclic) bond motifs is 3. The van der Waals surface area contributed by atoms with Gasteiger partial charge in [-0.1, -0.05) is 23.7 Å². The Hall–Kier alpha value is -3.44. The number of methoxy groups -OCH3 is 1. The average molecular weight is 571 g/mol. The topological polar surface area (TPSA) is 135 Å². The van der Waals surface area contributed by atoms with Crippen molar-refractivity contribution >= 4 is 29.7 Å². The Morgan fingerprint density at radius 1 is 1.25 bits per heavy atom. The predicted octanol–water partition coefficient (Wildman–Crippen LogP) is 1.85. The fraction of sp³-hybridized carbons (Fsp3) is 0.414. The van der Waals surface area contributed by atoms with Gasteiger partial charge in [0, 0.05) is 41.4 Å². The fourth-order valence-electron chi connectivity index (χ4n) is 5.64. The lowest BCUT2D eigenvalue weighted by atomic mass is 9.77. The van der Waals surface area contributed by atoms with Crippen LogP contribution in [0.4, 0.5) is 0 Å². The Morgan fingerprint density at radius 3 is 2.67 bits per heavy atom. The first kappa shape index (κ1) is 28.1. The number of nitrogens with zero attached hydrogens (tertiary/aromatic N) is 1. The highest BCUT2D eigenvalue weighted by Gasteiger charge is 2.52. The van der Waals surface area contributed by atoms with Crippen LogP contribution in [-0.4, -0.2) is 84.9 Å². The number of hydrogen-bond acceptors (Lipinski definition) is 8. The number of halogens is 1. The highest BCUT2D eigenvalue weighted by atomic mass is 35.5. The molecule has 0 radical (unpaired) electrons. The minimum absolute atomic E-state index is 0.0129. The van der Waals surface area contributed by atoms with Crippen LogP contribution in [0.1, 0.15) is 33.8 Å². The lowest BCUT2D eigenvalue weighted by Crippen LogP contribution is -2.56. The zero-order chi connectivity index (χ0) is 28.4. The third-order valence-corrected chi connectivity index (χ3v) is 7.85. The molecular weight excluding hydrogens is 540 g/mol. The van der Waals surface area contributed by atoms with Crippen LogP contribution in [0.25, 0.3) is 0 Å². The van der Waals surface area contributed by atoms with E-state index in [1.54, 1.807) is 41.3 Å². The van der Waals surface area contributed by atoms with Gasteiger partial charge in [0.05, 0.1) is 38.2 Å². The summed E-state index contributed by atoms with van der Waals surface area (Å²) in [6.07, 6.45) is 0.641. The molecule has 3 aliphatic rings. The molecule has 1 unspecified atom stereocenters. The third-order valence-electron chi connectivity index (χ3n) is 7.60. The monoisotopic (exact) mass is 570 g/mol. The summed E-state index contributed by atoms with van der Waals surface area (Å²) in [6.45, 7) is 0.632. The van der Waals surface area contributed by atoms with Crippen LogP contribution < -0.4 is 14.8 Å². The molecule has 0 aromatic heterocycles. The fourth-order valence-corrected chi connectivity index (χ4v) is 5.77. The maximum absolute atomic E-state index is 13.9. The lowest BCUT2D eigenvalue weighted by Gasteiger charge is -2.41. The van der Waals surface area contributed by atoms with E-state index in [1.807, 2.05) is 0 Å². The van der Waals surface area contributed by atoms with Gasteiger partial charge in [-0.25, -0.2) is 0 Å². The van der Waals surface area contributed by atoms with E-state index >= 15 is 0 Å². The van der Waals surface area contributed by atoms with E-state index < -0.39 is 36.0 Å². The summed E-state index contributed by atoms with van der Waals surface area (Å²) in [6, 6.07) is 9.27. The first-order valence-corrected chi connectivity index (χ1v) is 13.5. The number of carbonyl (C=O) groups is 3. The highest BCUT2D eigenvalue weighted by Crippen LogP contribution is 2.51. The molecule has 3 N–H and O–H groups in total. The summed E-state index contributed by atoms with van der Waals surface area (Å²) in [5, 5.41) is 24.3. The van der Waals surface area contributed by atoms with Crippen molar-refractivity contribution in [3.05, 3.63) is 69.8 Å². The second-order valence-corrected chi connectivity index (χ2v) is 10.5. The molecule has 1 aliphatic carbocycles. The van der Waals surface area contributed by atoms with Gasteiger partial charge in [-0.05, 0) is 42.3 Å². The van der Waals surface area contributed by atoms with Crippen LogP contribution in [0.15, 0.2) is 48.0 Å². The number of amides is 2. The van der Waals surface area contributed by atoms with Gasteiger partial charge < -0.3 is 34.6 Å². The molecule has 5 atom stereocenters. The van der Waals surface area contributed by atoms with Crippen molar-refractivity contribution < 1.29 is 38.8 Å². The van der Waals surface area contributed by atoms with Gasteiger partial charge in [0.1, 0.15) is 18.5 Å². The molecule has 1 fully saturated rings. The third kappa shape index (κ3) is 5.32. The molecule has 11 heteroatoms. The van der Waals surface area contributed by atoms with Gasteiger partial charge >= 0.3 is 0 Å². The van der Waals surface area contributed by atoms with Gasteiger partial charge in [-0.3, -0.25) is 14.4 Å². The molecule has 0 saturated carbocycles. The molecule has 212 valence electrons. The van der Waals surface area contributed by atoms with Crippen LogP contribution in [0.5, 0.6) is 11.5 Å². The molecule has 5 rings (SSSR count). The Kier molecular flexibility index (Phi) is 8.41. The van der Waals surface area contributed by atoms with Crippen molar-refractivity contribution in [2.75, 3.05) is 33.5 Å². The summed E-state index contributed by atoms with van der Waals surface area (Å²) in [7, 11) is 1.44. The van der Waals surface area contributed by atoms with Crippen molar-refractivity contribution in [3.8, 4) is 11.5 Å². The second-order valence-electron chi connectivity index (χ2n) is 10.1. The van der Waals surface area contributed by atoms with Gasteiger partial charge in [0.15, 0.2) is 11.5 Å². The predicted molar refractivity (Wildman–Crippen MR) is 144 cm³/mol. The average Bonchev–Trinajstić information content (AvgIpc) is 3.64. The van der Waals surface area contributed by atoms with Crippen LogP contribution in [0.2, 0.25) is 5.02 Å². The summed E-state index contributed by atoms with van der Waals surface area (Å²) in [5.41, 5.74) is 1.90. The van der Waals surface area contributed by atoms with Crippen molar-refractivity contribution in [1.82, 2.24) is 10.2 Å². The van der Waals surface area contributed by atoms with Gasteiger partial charge in [0.25, 0.3) is 0 Å². The number of aliphatic hydroxyl groups excluding tert-OH is 2. The first-order chi connectivity index (χ1) is 19.4. The normalized spacial score (nSPS) is 24.8. The quantitative estimate of drug-likeness (QED) is 0.389. The molecule has 1 saturated heterocycles. The molecule has 2 aromatic carbocycles. The molecule has 2 heterocycles. The van der Waals surface area contributed by atoms with Crippen LogP contribution >= 0.6 is 11.6 Å². The van der Waals surface area contributed by atoms with Crippen LogP contribution in [0.3, 0.4) is 0 Å². The summed E-state index contributed by atoms with van der Waals surface area (Å²) < 4.78 is 17.2. The molecule has 2 amide bonds. The Labute approximate surface area is 236 Å². The maximum Gasteiger partial charge on any atom is 0.247 e. The number of aldehydes is 1. The number of hydrogen-bond donors (Lipinski definition) is 3. The second kappa shape index (κ2) is 12.0. The summed E-state index contributed by atoms with van der Waals surface area (Å²) in [5.74, 6) is -1.20. The van der Waals surface area contributed by atoms with E-state index in [1.165, 1.54) is 13.2 Å². The highest BCUT2D eigenvalue weighted by molar-refractivity contribution is 6.30. The number of carbonyl (C=O) groups excluding carboxylic acids is 3. The van der Waals surface area contributed by atoms with E-state index in [9.17, 15) is 24.6 Å². The van der Waals surface area contributed by atoms with Crippen LogP contribution in [0, 0.1) is 5.92 Å². The van der Waals surface area contributed by atoms with Gasteiger partial charge in [0.2, 0.25) is 11.8 Å². The minimum Gasteiger partial charge on any atom is -0.493 e. The molecule has 0 bridgehead atoms. The SMILES string of the molecule is COc1cc(C=O)cc2c1O[C@@H]1[C@@H](O)[C@H](N(Cc3ccc(Cl)cc3)C(=O)C3CCOC3)C=C(C(=O)NCCO)[C@H]21. The van der Waals surface area contributed by atoms with Crippen LogP contribution in [-0.2, 0) is 20.9 Å². The number of rotatable bonds is 9. The van der Waals surface area contributed by atoms with Crippen molar-refractivity contribution in [3.63, 3.8) is 0 Å². The lowest BCUT2D eigenvalue weighted by molar-refractivity contribution is -0.142. The van der Waals surface area contributed by atoms with E-state index in [0.717, 1.165) is 5.56 Å². The van der Waals surface area contributed by atoms with Gasteiger partial charge in [-0.15, -0.1) is 0 Å². The van der Waals surface area contributed by atoms with Crippen molar-refractivity contribution in [2.45, 2.75) is 37.1 Å². The smallest absolute Gasteiger partial charge is 0.247 e. The van der Waals surface area contributed by atoms with E-state index in [2.05, 4.69) is 5.32 Å². The zero-order valence-electron chi connectivity index (χ0n) is 21.9. The van der Waals surface area contributed by atoms with Gasteiger partial charge in [-0.2, -0.15) is 0 Å². The van der Waals surface area contributed by atoms with Crippen molar-refractivity contribution in [2.24, 2.45) is 5.92 Å². The zero-order valence-corrected chi connectivity index (χ0v) is 22.7. The standard InChI is InChI=1S/C29H31ClN2O8/c1-38-23-11-17(14-34)10-20-24-21(28(36)31-7-8-33)12-22(25(35)27(24)40-26(20)23)32(29(37)18-6-9-39-15-18)13-16-2-4-19(30)5-3-16/h2-5,10-12,14,18,22,24-25,27,33,35H,6-9,13,15H2,1H3,(H,31,36)/t18?,22-,24+,25+,27+/m1/s1. The molecule has 10 nitrogen and oxygen atoms in total. The number of benzene rings is 2. The molecule has 0 spiro atoms. The Bertz CT molecular complexity index is 1310. The Morgan fingerprint density at radius 2 is 2.02 bits per heavy atom. The maximum atomic E-state index is 13.9. The number of ether oxygens (including phenoxy) is 3. The van der Waals surface area contributed by atoms with E-state index in [4.69, 9.17) is 25.8 Å². The van der Waals surface area contributed by atoms with Crippen molar-refractivity contribution in [1.29, 1.82) is 0 Å². The Balaban J connectivity index is 1.60.